The summed E-state index contributed by atoms with van der Waals surface area (Å²) in [5.74, 6) is 0.343. The third-order valence-corrected chi connectivity index (χ3v) is 10.00. The van der Waals surface area contributed by atoms with Crippen LogP contribution in [0.1, 0.15) is 38.5 Å². The van der Waals surface area contributed by atoms with Crippen molar-refractivity contribution in [1.82, 2.24) is 34.2 Å². The number of H-pyrrole nitrogens is 1. The van der Waals surface area contributed by atoms with E-state index in [9.17, 15) is 24.0 Å². The molecule has 2 aliphatic heterocycles. The highest BCUT2D eigenvalue weighted by Crippen LogP contribution is 2.32. The highest BCUT2D eigenvalue weighted by Gasteiger charge is 2.30. The molecule has 2 unspecified atom stereocenters. The zero-order valence-electron chi connectivity index (χ0n) is 32.3. The number of aromatic amines is 1. The Morgan fingerprint density at radius 2 is 1.77 bits per heavy atom. The van der Waals surface area contributed by atoms with Crippen LogP contribution in [0, 0.1) is 6.92 Å². The largest absolute Gasteiger partial charge is 0.495 e. The quantitative estimate of drug-likeness (QED) is 0.0855. The van der Waals surface area contributed by atoms with Crippen LogP contribution in [0.15, 0.2) is 45.0 Å². The summed E-state index contributed by atoms with van der Waals surface area (Å²) in [4.78, 5) is 78.6. The Morgan fingerprint density at radius 3 is 2.48 bits per heavy atom. The number of rotatable bonds is 15. The molecule has 0 bridgehead atoms. The molecular formula is C37H50ClN11O7. The minimum absolute atomic E-state index is 0.0156. The van der Waals surface area contributed by atoms with E-state index in [1.807, 2.05) is 38.8 Å². The van der Waals surface area contributed by atoms with E-state index in [2.05, 4.69) is 30.9 Å². The summed E-state index contributed by atoms with van der Waals surface area (Å²) in [5.41, 5.74) is 6.63. The van der Waals surface area contributed by atoms with Crippen molar-refractivity contribution >= 4 is 57.6 Å². The van der Waals surface area contributed by atoms with E-state index in [0.717, 1.165) is 5.56 Å². The molecule has 6 rings (SSSR count). The molecule has 4 aromatic rings. The number of carbonyl (C=O) groups is 2. The minimum Gasteiger partial charge on any atom is -0.495 e. The van der Waals surface area contributed by atoms with Gasteiger partial charge in [-0.3, -0.25) is 33.5 Å². The second-order valence-electron chi connectivity index (χ2n) is 13.3. The molecule has 0 saturated carbocycles. The maximum absolute atomic E-state index is 12.8. The first-order valence-corrected chi connectivity index (χ1v) is 19.0. The molecular weight excluding hydrogens is 746 g/mol. The molecule has 2 fully saturated rings. The maximum atomic E-state index is 12.8. The number of ether oxygens (including phenoxy) is 2. The second-order valence-corrected chi connectivity index (χ2v) is 13.7. The lowest BCUT2D eigenvalue weighted by Crippen LogP contribution is -2.51. The Hall–Kier alpha value is -5.46. The zero-order chi connectivity index (χ0) is 40.5. The number of halogens is 1. The fraction of sp³-hybridized carbons (Fsp3) is 0.486. The van der Waals surface area contributed by atoms with Crippen molar-refractivity contribution in [2.24, 2.45) is 0 Å². The van der Waals surface area contributed by atoms with Gasteiger partial charge >= 0.3 is 0 Å². The van der Waals surface area contributed by atoms with Crippen LogP contribution in [-0.4, -0.2) is 125 Å². The van der Waals surface area contributed by atoms with Crippen LogP contribution in [0.5, 0.6) is 5.75 Å². The lowest BCUT2D eigenvalue weighted by Gasteiger charge is -2.34. The Bertz CT molecular complexity index is 2170. The first-order chi connectivity index (χ1) is 26.9. The predicted molar refractivity (Wildman–Crippen MR) is 216 cm³/mol. The van der Waals surface area contributed by atoms with Crippen LogP contribution >= 0.6 is 11.6 Å². The Labute approximate surface area is 328 Å². The molecule has 2 aromatic heterocycles. The number of amides is 2. The average molecular weight is 796 g/mol. The summed E-state index contributed by atoms with van der Waals surface area (Å²) in [7, 11) is 3.43. The van der Waals surface area contributed by atoms with Crippen molar-refractivity contribution in [2.75, 3.05) is 94.7 Å². The number of benzene rings is 1. The molecule has 2 aliphatic rings. The number of nitrogens with zero attached hydrogens (tertiary/aromatic N) is 6. The van der Waals surface area contributed by atoms with Gasteiger partial charge in [0.2, 0.25) is 17.8 Å². The molecule has 56 heavy (non-hydrogen) atoms. The number of piperazine rings is 1. The molecule has 4 heterocycles. The SMILES string of the molecule is CC.COc1cc(Cl)c(C)cc1NCC(=O)N1CCN(C(=O)/C=C/CN(C)CCNc2c(NCC3CCC(n4cnc5c(=O)[nH]c(N)nc54)O3)c(=O)c2=O)CC1. The van der Waals surface area contributed by atoms with Gasteiger partial charge in [0.1, 0.15) is 23.4 Å². The summed E-state index contributed by atoms with van der Waals surface area (Å²) in [6.45, 7) is 9.44. The number of aryl methyl sites for hydroxylation is 1. The standard InChI is InChI=1S/C35H44ClN11O7.C2H6/c1-20-15-23(24(53-3)16-22(20)36)39-18-26(49)46-13-11-45(12-14-46)25(48)5-4-9-44(2)10-8-38-28-29(32(51)31(28)50)40-17-21-6-7-27(54-21)47-19-41-30-33(47)42-35(37)43-34(30)52;1-2/h4-5,15-16,19,21,27,38-40H,6-14,17-18H2,1-3H3,(H3,37,42,43,52);1-2H3/b5-4+;. The Kier molecular flexibility index (Phi) is 14.1. The average Bonchev–Trinajstić information content (AvgIpc) is 3.85. The number of carbonyl (C=O) groups excluding carboxylic acids is 2. The number of anilines is 4. The van der Waals surface area contributed by atoms with Gasteiger partial charge in [0, 0.05) is 69.5 Å². The van der Waals surface area contributed by atoms with Gasteiger partial charge in [0.15, 0.2) is 11.2 Å². The van der Waals surface area contributed by atoms with Gasteiger partial charge in [-0.2, -0.15) is 4.98 Å². The molecule has 0 spiro atoms. The molecule has 302 valence electrons. The molecule has 19 heteroatoms. The van der Waals surface area contributed by atoms with E-state index in [1.165, 1.54) is 12.4 Å². The number of nitrogens with one attached hydrogen (secondary N) is 4. The van der Waals surface area contributed by atoms with Crippen molar-refractivity contribution < 1.29 is 19.1 Å². The van der Waals surface area contributed by atoms with E-state index < -0.39 is 22.6 Å². The van der Waals surface area contributed by atoms with E-state index in [-0.39, 0.29) is 47.3 Å². The third-order valence-electron chi connectivity index (χ3n) is 9.59. The second kappa shape index (κ2) is 18.9. The summed E-state index contributed by atoms with van der Waals surface area (Å²) in [6, 6.07) is 3.55. The highest BCUT2D eigenvalue weighted by atomic mass is 35.5. The van der Waals surface area contributed by atoms with Crippen molar-refractivity contribution in [3.05, 3.63) is 72.0 Å². The minimum atomic E-state index is -0.586. The summed E-state index contributed by atoms with van der Waals surface area (Å²) in [5, 5.41) is 9.84. The van der Waals surface area contributed by atoms with E-state index in [1.54, 1.807) is 33.6 Å². The number of hydrogen-bond acceptors (Lipinski definition) is 14. The third kappa shape index (κ3) is 9.66. The Morgan fingerprint density at radius 1 is 1.07 bits per heavy atom. The first-order valence-electron chi connectivity index (χ1n) is 18.6. The molecule has 2 atom stereocenters. The van der Waals surface area contributed by atoms with Crippen LogP contribution in [0.4, 0.5) is 23.0 Å². The summed E-state index contributed by atoms with van der Waals surface area (Å²) < 4.78 is 13.2. The highest BCUT2D eigenvalue weighted by molar-refractivity contribution is 6.31. The van der Waals surface area contributed by atoms with E-state index in [4.69, 9.17) is 26.8 Å². The van der Waals surface area contributed by atoms with Crippen LogP contribution in [0.25, 0.3) is 11.2 Å². The fourth-order valence-corrected chi connectivity index (χ4v) is 6.62. The topological polar surface area (TPSA) is 222 Å². The number of imidazole rings is 1. The molecule has 2 saturated heterocycles. The smallest absolute Gasteiger partial charge is 0.280 e. The number of hydrogen-bond donors (Lipinski definition) is 5. The van der Waals surface area contributed by atoms with Crippen molar-refractivity contribution in [1.29, 1.82) is 0 Å². The summed E-state index contributed by atoms with van der Waals surface area (Å²) in [6.07, 6.45) is 5.44. The van der Waals surface area contributed by atoms with Gasteiger partial charge in [0.25, 0.3) is 16.4 Å². The lowest BCUT2D eigenvalue weighted by molar-refractivity contribution is -0.135. The van der Waals surface area contributed by atoms with Crippen LogP contribution in [0.3, 0.4) is 0 Å². The molecule has 6 N–H and O–H groups in total. The maximum Gasteiger partial charge on any atom is 0.280 e. The van der Waals surface area contributed by atoms with Gasteiger partial charge in [-0.05, 0) is 38.4 Å². The molecule has 2 aromatic carbocycles. The van der Waals surface area contributed by atoms with E-state index >= 15 is 0 Å². The number of likely N-dealkylation sites (N-methyl/N-ethyl adjacent to an activating group) is 1. The van der Waals surface area contributed by atoms with Gasteiger partial charge < -0.3 is 45.9 Å². The Balaban J connectivity index is 0.00000295. The number of methoxy groups -OCH3 is 1. The fourth-order valence-electron chi connectivity index (χ4n) is 6.47. The van der Waals surface area contributed by atoms with Gasteiger partial charge in [-0.15, -0.1) is 0 Å². The number of nitrogen functional groups attached to an aromatic ring is 1. The van der Waals surface area contributed by atoms with Crippen molar-refractivity contribution in [3.8, 4) is 5.75 Å². The molecule has 18 nitrogen and oxygen atoms in total. The number of nitrogens with two attached hydrogens (primary N) is 1. The van der Waals surface area contributed by atoms with Crippen molar-refractivity contribution in [2.45, 2.75) is 45.9 Å². The zero-order valence-corrected chi connectivity index (χ0v) is 33.1. The van der Waals surface area contributed by atoms with Crippen molar-refractivity contribution in [3.63, 3.8) is 0 Å². The first kappa shape index (κ1) is 41.7. The van der Waals surface area contributed by atoms with Crippen LogP contribution < -0.4 is 42.8 Å². The van der Waals surface area contributed by atoms with Gasteiger partial charge in [-0.25, -0.2) is 4.98 Å². The number of aromatic nitrogens is 4. The van der Waals surface area contributed by atoms with E-state index in [0.29, 0.717) is 87.3 Å². The monoisotopic (exact) mass is 795 g/mol. The van der Waals surface area contributed by atoms with Crippen LogP contribution in [-0.2, 0) is 14.3 Å². The van der Waals surface area contributed by atoms with Crippen LogP contribution in [0.2, 0.25) is 5.02 Å². The molecule has 0 aliphatic carbocycles. The number of fused-ring (bicyclic) bond motifs is 1. The summed E-state index contributed by atoms with van der Waals surface area (Å²) >= 11 is 6.18. The van der Waals surface area contributed by atoms with Gasteiger partial charge in [0.05, 0.1) is 31.8 Å². The lowest BCUT2D eigenvalue weighted by atomic mass is 10.1. The molecule has 2 amide bonds. The molecule has 0 radical (unpaired) electrons. The predicted octanol–water partition coefficient (Wildman–Crippen LogP) is 1.77. The normalized spacial score (nSPS) is 17.1. The van der Waals surface area contributed by atoms with Gasteiger partial charge in [-0.1, -0.05) is 31.5 Å².